The molecule has 1 aromatic carbocycles. The van der Waals surface area contributed by atoms with Crippen LogP contribution in [0, 0.1) is 18.3 Å². The third-order valence-electron chi connectivity index (χ3n) is 4.77. The van der Waals surface area contributed by atoms with Crippen LogP contribution < -0.4 is 5.32 Å². The van der Waals surface area contributed by atoms with E-state index in [0.29, 0.717) is 40.0 Å². The van der Waals surface area contributed by atoms with Crippen molar-refractivity contribution in [3.8, 4) is 6.07 Å². The number of amides is 2. The van der Waals surface area contributed by atoms with Crippen LogP contribution in [0.3, 0.4) is 0 Å². The molecule has 1 aromatic heterocycles. The first-order valence-electron chi connectivity index (χ1n) is 9.74. The van der Waals surface area contributed by atoms with Crippen molar-refractivity contribution >= 4 is 34.2 Å². The summed E-state index contributed by atoms with van der Waals surface area (Å²) >= 11 is 1.15. The monoisotopic (exact) mass is 409 g/mol. The Bertz CT molecular complexity index is 946. The molecule has 29 heavy (non-hydrogen) atoms. The molecular formula is C23H27N3O2S. The molecule has 0 bridgehead atoms. The molecular weight excluding hydrogens is 382 g/mol. The van der Waals surface area contributed by atoms with Gasteiger partial charge in [-0.3, -0.25) is 9.59 Å². The fourth-order valence-corrected chi connectivity index (χ4v) is 4.04. The smallest absolute Gasteiger partial charge is 0.264 e. The highest BCUT2D eigenvalue weighted by Gasteiger charge is 2.23. The highest BCUT2D eigenvalue weighted by molar-refractivity contribution is 7.18. The zero-order valence-corrected chi connectivity index (χ0v) is 18.4. The number of hydrogen-bond donors (Lipinski definition) is 1. The lowest BCUT2D eigenvalue weighted by Gasteiger charge is -2.17. The highest BCUT2D eigenvalue weighted by Crippen LogP contribution is 2.33. The second-order valence-corrected chi connectivity index (χ2v) is 8.01. The van der Waals surface area contributed by atoms with Crippen LogP contribution in [-0.2, 0) is 4.79 Å². The van der Waals surface area contributed by atoms with Gasteiger partial charge in [0.05, 0.1) is 10.4 Å². The van der Waals surface area contributed by atoms with Crippen LogP contribution in [0.4, 0.5) is 5.00 Å². The molecule has 0 aliphatic heterocycles. The van der Waals surface area contributed by atoms with Crippen molar-refractivity contribution in [1.82, 2.24) is 4.90 Å². The topological polar surface area (TPSA) is 73.2 Å². The Morgan fingerprint density at radius 2 is 1.83 bits per heavy atom. The molecule has 0 fully saturated rings. The maximum absolute atomic E-state index is 12.7. The summed E-state index contributed by atoms with van der Waals surface area (Å²) < 4.78 is 0. The van der Waals surface area contributed by atoms with Crippen LogP contribution in [0.15, 0.2) is 30.3 Å². The number of nitrogens with zero attached hydrogens (tertiary/aromatic N) is 2. The van der Waals surface area contributed by atoms with Crippen molar-refractivity contribution < 1.29 is 9.59 Å². The molecule has 0 spiro atoms. The highest BCUT2D eigenvalue weighted by atomic mass is 32.1. The van der Waals surface area contributed by atoms with Crippen LogP contribution >= 0.6 is 11.3 Å². The Morgan fingerprint density at radius 1 is 1.21 bits per heavy atom. The number of carbonyl (C=O) groups is 2. The van der Waals surface area contributed by atoms with E-state index in [1.165, 1.54) is 11.6 Å². The normalized spacial score (nSPS) is 10.9. The predicted molar refractivity (Wildman–Crippen MR) is 119 cm³/mol. The van der Waals surface area contributed by atoms with Crippen molar-refractivity contribution in [2.45, 2.75) is 40.5 Å². The van der Waals surface area contributed by atoms with Gasteiger partial charge < -0.3 is 10.2 Å². The summed E-state index contributed by atoms with van der Waals surface area (Å²) in [6.07, 6.45) is 3.17. The van der Waals surface area contributed by atoms with Crippen molar-refractivity contribution in [1.29, 1.82) is 5.26 Å². The fourth-order valence-electron chi connectivity index (χ4n) is 2.91. The van der Waals surface area contributed by atoms with Crippen molar-refractivity contribution in [3.63, 3.8) is 0 Å². The molecule has 2 aromatic rings. The van der Waals surface area contributed by atoms with Gasteiger partial charge in [0.25, 0.3) is 5.91 Å². The molecule has 0 saturated heterocycles. The van der Waals surface area contributed by atoms with Gasteiger partial charge in [-0.15, -0.1) is 11.3 Å². The Morgan fingerprint density at radius 3 is 2.34 bits per heavy atom. The van der Waals surface area contributed by atoms with E-state index in [4.69, 9.17) is 0 Å². The maximum atomic E-state index is 12.7. The molecule has 0 atom stereocenters. The van der Waals surface area contributed by atoms with E-state index < -0.39 is 0 Å². The molecule has 0 saturated carbocycles. The largest absolute Gasteiger partial charge is 0.338 e. The third-order valence-corrected chi connectivity index (χ3v) is 5.97. The van der Waals surface area contributed by atoms with Crippen molar-refractivity contribution in [3.05, 3.63) is 57.5 Å². The third kappa shape index (κ3) is 5.33. The molecule has 152 valence electrons. The Balaban J connectivity index is 2.18. The average Bonchev–Trinajstić information content (AvgIpc) is 3.02. The first kappa shape index (κ1) is 22.4. The van der Waals surface area contributed by atoms with Crippen LogP contribution in [0.2, 0.25) is 0 Å². The van der Waals surface area contributed by atoms with Gasteiger partial charge in [-0.2, -0.15) is 5.26 Å². The van der Waals surface area contributed by atoms with Gasteiger partial charge >= 0.3 is 0 Å². The molecule has 0 aliphatic carbocycles. The molecule has 2 rings (SSSR count). The van der Waals surface area contributed by atoms with Crippen molar-refractivity contribution in [2.24, 2.45) is 0 Å². The average molecular weight is 410 g/mol. The number of anilines is 1. The zero-order chi connectivity index (χ0) is 21.6. The van der Waals surface area contributed by atoms with Gasteiger partial charge in [0.15, 0.2) is 0 Å². The second kappa shape index (κ2) is 10.0. The van der Waals surface area contributed by atoms with Crippen molar-refractivity contribution in [2.75, 3.05) is 18.4 Å². The molecule has 2 amide bonds. The van der Waals surface area contributed by atoms with E-state index in [0.717, 1.165) is 16.9 Å². The Kier molecular flexibility index (Phi) is 7.74. The molecule has 6 heteroatoms. The lowest BCUT2D eigenvalue weighted by atomic mass is 10.0. The lowest BCUT2D eigenvalue weighted by Crippen LogP contribution is -2.30. The van der Waals surface area contributed by atoms with E-state index in [-0.39, 0.29) is 11.8 Å². The molecule has 1 heterocycles. The minimum atomic E-state index is -0.336. The number of benzene rings is 1. The van der Waals surface area contributed by atoms with E-state index in [1.54, 1.807) is 17.9 Å². The summed E-state index contributed by atoms with van der Waals surface area (Å²) in [5.41, 5.74) is 3.11. The van der Waals surface area contributed by atoms with Crippen LogP contribution in [0.1, 0.15) is 65.5 Å². The summed E-state index contributed by atoms with van der Waals surface area (Å²) in [5, 5.41) is 12.7. The zero-order valence-electron chi connectivity index (χ0n) is 17.6. The number of rotatable bonds is 7. The molecule has 0 radical (unpaired) electrons. The van der Waals surface area contributed by atoms with Crippen LogP contribution in [-0.4, -0.2) is 29.8 Å². The van der Waals surface area contributed by atoms with E-state index >= 15 is 0 Å². The fraction of sp³-hybridized carbons (Fsp3) is 0.348. The number of nitriles is 1. The van der Waals surface area contributed by atoms with E-state index in [9.17, 15) is 14.9 Å². The number of nitrogens with one attached hydrogen (secondary N) is 1. The summed E-state index contributed by atoms with van der Waals surface area (Å²) in [5.74, 6) is 0.00357. The van der Waals surface area contributed by atoms with Gasteiger partial charge in [0.1, 0.15) is 11.1 Å². The van der Waals surface area contributed by atoms with Gasteiger partial charge in [0.2, 0.25) is 5.91 Å². The predicted octanol–water partition coefficient (Wildman–Crippen LogP) is 5.19. The van der Waals surface area contributed by atoms with Crippen LogP contribution in [0.5, 0.6) is 0 Å². The quantitative estimate of drug-likeness (QED) is 0.640. The molecule has 0 aliphatic rings. The summed E-state index contributed by atoms with van der Waals surface area (Å²) in [7, 11) is 0. The number of thiophene rings is 1. The Labute approximate surface area is 176 Å². The summed E-state index contributed by atoms with van der Waals surface area (Å²) in [6.45, 7) is 11.0. The van der Waals surface area contributed by atoms with Gasteiger partial charge in [-0.1, -0.05) is 38.1 Å². The summed E-state index contributed by atoms with van der Waals surface area (Å²) in [6, 6.07) is 10.1. The first-order chi connectivity index (χ1) is 13.8. The first-order valence-corrected chi connectivity index (χ1v) is 10.6. The lowest BCUT2D eigenvalue weighted by molar-refractivity contribution is -0.111. The second-order valence-electron chi connectivity index (χ2n) is 6.99. The van der Waals surface area contributed by atoms with Crippen LogP contribution in [0.25, 0.3) is 6.08 Å². The Hall–Kier alpha value is -2.91. The van der Waals surface area contributed by atoms with Gasteiger partial charge in [-0.25, -0.2) is 0 Å². The maximum Gasteiger partial charge on any atom is 0.264 e. The standard InChI is InChI=1S/C23H27N3O2S/c1-6-26(7-2)23(28)21-16(5)19(14-24)22(29-21)25-20(27)13-10-17-8-11-18(12-9-17)15(3)4/h8-13,15H,6-7H2,1-5H3,(H,25,27). The molecule has 5 nitrogen and oxygen atoms in total. The number of carbonyl (C=O) groups excluding carboxylic acids is 2. The minimum absolute atomic E-state index is 0.115. The van der Waals surface area contributed by atoms with Gasteiger partial charge in [-0.05, 0) is 49.5 Å². The molecule has 0 unspecified atom stereocenters. The summed E-state index contributed by atoms with van der Waals surface area (Å²) in [4.78, 5) is 27.2. The number of hydrogen-bond acceptors (Lipinski definition) is 4. The van der Waals surface area contributed by atoms with E-state index in [2.05, 4.69) is 25.2 Å². The van der Waals surface area contributed by atoms with E-state index in [1.807, 2.05) is 38.1 Å². The minimum Gasteiger partial charge on any atom is -0.338 e. The van der Waals surface area contributed by atoms with Gasteiger partial charge in [0, 0.05) is 19.2 Å². The molecule has 1 N–H and O–H groups in total. The SMILES string of the molecule is CCN(CC)C(=O)c1sc(NC(=O)C=Cc2ccc(C(C)C)cc2)c(C#N)c1C.